The Labute approximate surface area is 306 Å². The zero-order valence-corrected chi connectivity index (χ0v) is 33.7. The lowest BCUT2D eigenvalue weighted by atomic mass is 9.93. The number of aromatic nitrogens is 1. The first-order chi connectivity index (χ1) is 24.8. The molecule has 0 amide bonds. The van der Waals surface area contributed by atoms with E-state index >= 15 is 4.39 Å². The van der Waals surface area contributed by atoms with Gasteiger partial charge in [0.25, 0.3) is 0 Å². The molecule has 288 valence electrons. The maximum absolute atomic E-state index is 16.1. The van der Waals surface area contributed by atoms with Crippen molar-refractivity contribution in [2.45, 2.75) is 104 Å². The lowest BCUT2D eigenvalue weighted by Crippen LogP contribution is -2.42. The fraction of sp³-hybridized carbons (Fsp3) is 0.730. The third kappa shape index (κ3) is 10.00. The number of methoxy groups -OCH3 is 1. The molecule has 5 rings (SSSR count). The van der Waals surface area contributed by atoms with E-state index in [0.717, 1.165) is 51.6 Å². The quantitative estimate of drug-likeness (QED) is 0.0789. The van der Waals surface area contributed by atoms with Crippen molar-refractivity contribution in [3.05, 3.63) is 33.9 Å². The molecule has 14 heteroatoms. The Morgan fingerprint density at radius 2 is 1.59 bits per heavy atom. The van der Waals surface area contributed by atoms with Gasteiger partial charge < -0.3 is 41.9 Å². The normalized spacial score (nSPS) is 19.2. The van der Waals surface area contributed by atoms with Crippen molar-refractivity contribution in [1.82, 2.24) is 9.47 Å². The predicted octanol–water partition coefficient (Wildman–Crippen LogP) is 8.46. The number of unbranched alkanes of at least 4 members (excludes halogenated alkanes) is 1. The van der Waals surface area contributed by atoms with Crippen molar-refractivity contribution in [2.75, 3.05) is 71.7 Å². The number of anilines is 1. The van der Waals surface area contributed by atoms with Gasteiger partial charge in [-0.05, 0) is 98.2 Å². The Hall–Kier alpha value is -1.91. The summed E-state index contributed by atoms with van der Waals surface area (Å²) in [4.78, 5) is 31.7. The third-order valence-corrected chi connectivity index (χ3v) is 14.2. The second kappa shape index (κ2) is 20.5. The smallest absolute Gasteiger partial charge is 0.343 e. The average molecular weight is 756 g/mol. The molecule has 2 aromatic rings. The molecule has 2 aliphatic heterocycles. The van der Waals surface area contributed by atoms with E-state index in [-0.39, 0.29) is 29.0 Å². The molecule has 3 heterocycles. The number of carbonyl (C=O) groups excluding carboxylic acids is 1. The molecular formula is C37H60FN3O8P2. The molecule has 0 bridgehead atoms. The van der Waals surface area contributed by atoms with Gasteiger partial charge in [-0.25, -0.2) is 9.18 Å². The highest BCUT2D eigenvalue weighted by Crippen LogP contribution is 2.62. The van der Waals surface area contributed by atoms with Crippen LogP contribution in [0.5, 0.6) is 5.75 Å². The van der Waals surface area contributed by atoms with Gasteiger partial charge in [-0.1, -0.05) is 13.8 Å². The summed E-state index contributed by atoms with van der Waals surface area (Å²) < 4.78 is 53.5. The van der Waals surface area contributed by atoms with Crippen LogP contribution in [0, 0.1) is 11.7 Å². The molecule has 1 aliphatic carbocycles. The number of piperidine rings is 1. The van der Waals surface area contributed by atoms with Crippen LogP contribution in [0.25, 0.3) is 10.9 Å². The predicted molar refractivity (Wildman–Crippen MR) is 204 cm³/mol. The summed E-state index contributed by atoms with van der Waals surface area (Å²) in [6.45, 7) is 16.5. The standard InChI is InChI=1S/C35H54FN3O8P2.C2H6/c1-7-44-48(45-8-2)30(49(46-9-3)47-10-4)15-11-12-19-43-35(41)27-22-39(25-16-17-25)31-26(33(27)40)20-28(36)32(34(31)42-6)38-21-24-14-13-18-37(5)29(24)23-38;1-2/h20,22,24-25,29-30H,7-19,21,23H2,1-6H3;1-2H3. The number of hydrogen-bond donors (Lipinski definition) is 0. The minimum absolute atomic E-state index is 0.0491. The van der Waals surface area contributed by atoms with Gasteiger partial charge in [-0.2, -0.15) is 0 Å². The molecule has 51 heavy (non-hydrogen) atoms. The summed E-state index contributed by atoms with van der Waals surface area (Å²) in [6.07, 6.45) is 7.67. The lowest BCUT2D eigenvalue weighted by molar-refractivity contribution is 0.0495. The maximum atomic E-state index is 16.1. The largest absolute Gasteiger partial charge is 0.492 e. The Kier molecular flexibility index (Phi) is 16.8. The number of likely N-dealkylation sites (tertiary alicyclic amines) is 1. The highest BCUT2D eigenvalue weighted by molar-refractivity contribution is 7.66. The number of esters is 1. The molecule has 0 N–H and O–H groups in total. The van der Waals surface area contributed by atoms with E-state index in [1.54, 1.807) is 6.20 Å². The number of ether oxygens (including phenoxy) is 2. The van der Waals surface area contributed by atoms with Gasteiger partial charge >= 0.3 is 5.97 Å². The van der Waals surface area contributed by atoms with E-state index in [1.807, 2.05) is 46.1 Å². The van der Waals surface area contributed by atoms with Crippen LogP contribution in [0.1, 0.15) is 103 Å². The number of nitrogens with zero attached hydrogens (tertiary/aromatic N) is 3. The van der Waals surface area contributed by atoms with Gasteiger partial charge in [0.15, 0.2) is 28.3 Å². The first-order valence-corrected chi connectivity index (χ1v) is 21.4. The highest BCUT2D eigenvalue weighted by atomic mass is 31.2. The number of benzene rings is 1. The Morgan fingerprint density at radius 1 is 0.961 bits per heavy atom. The first-order valence-electron chi connectivity index (χ1n) is 18.9. The van der Waals surface area contributed by atoms with Crippen LogP contribution in [-0.4, -0.2) is 93.7 Å². The third-order valence-electron chi connectivity index (χ3n) is 9.54. The highest BCUT2D eigenvalue weighted by Gasteiger charge is 2.40. The minimum Gasteiger partial charge on any atom is -0.492 e. The van der Waals surface area contributed by atoms with Gasteiger partial charge in [0.2, 0.25) is 5.43 Å². The summed E-state index contributed by atoms with van der Waals surface area (Å²) in [5.41, 5.74) is 0.300. The van der Waals surface area contributed by atoms with Crippen LogP contribution in [0.4, 0.5) is 10.1 Å². The molecule has 1 saturated carbocycles. The van der Waals surface area contributed by atoms with Crippen LogP contribution in [-0.2, 0) is 22.8 Å². The molecule has 11 nitrogen and oxygen atoms in total. The van der Waals surface area contributed by atoms with Gasteiger partial charge in [0.05, 0.1) is 56.4 Å². The molecule has 3 fully saturated rings. The fourth-order valence-electron chi connectivity index (χ4n) is 7.19. The van der Waals surface area contributed by atoms with Crippen molar-refractivity contribution < 1.29 is 36.8 Å². The molecule has 2 saturated heterocycles. The van der Waals surface area contributed by atoms with Crippen LogP contribution in [0.3, 0.4) is 0 Å². The van der Waals surface area contributed by atoms with Crippen molar-refractivity contribution in [2.24, 2.45) is 5.92 Å². The maximum Gasteiger partial charge on any atom is 0.343 e. The molecule has 1 aromatic heterocycles. The second-order valence-corrected chi connectivity index (χ2v) is 16.7. The van der Waals surface area contributed by atoms with Gasteiger partial charge in [-0.3, -0.25) is 4.79 Å². The number of halogens is 1. The number of likely N-dealkylation sites (N-methyl/N-ethyl adjacent to an activating group) is 1. The van der Waals surface area contributed by atoms with E-state index in [2.05, 4.69) is 16.8 Å². The molecular weight excluding hydrogens is 695 g/mol. The summed E-state index contributed by atoms with van der Waals surface area (Å²) in [7, 11) is 1.23. The first kappa shape index (κ1) is 41.8. The molecule has 2 atom stereocenters. The average Bonchev–Trinajstić information content (AvgIpc) is 3.88. The van der Waals surface area contributed by atoms with Crippen LogP contribution in [0.15, 0.2) is 17.1 Å². The Bertz CT molecular complexity index is 1450. The topological polar surface area (TPSA) is 101 Å². The van der Waals surface area contributed by atoms with Crippen LogP contribution < -0.4 is 15.1 Å². The number of rotatable bonds is 19. The monoisotopic (exact) mass is 755 g/mol. The van der Waals surface area contributed by atoms with Gasteiger partial charge in [0, 0.05) is 31.4 Å². The number of carbonyl (C=O) groups is 1. The van der Waals surface area contributed by atoms with E-state index in [4.69, 9.17) is 27.6 Å². The van der Waals surface area contributed by atoms with E-state index in [1.165, 1.54) is 13.2 Å². The number of fused-ring (bicyclic) bond motifs is 2. The second-order valence-electron chi connectivity index (χ2n) is 12.9. The Morgan fingerprint density at radius 3 is 2.14 bits per heavy atom. The summed E-state index contributed by atoms with van der Waals surface area (Å²) in [5, 5.41) is 0.0865. The molecule has 0 spiro atoms. The fourth-order valence-corrected chi connectivity index (χ4v) is 11.3. The van der Waals surface area contributed by atoms with Crippen molar-refractivity contribution >= 4 is 39.3 Å². The van der Waals surface area contributed by atoms with Gasteiger partial charge in [-0.15, -0.1) is 0 Å². The van der Waals surface area contributed by atoms with Crippen LogP contribution >= 0.6 is 16.8 Å². The summed E-state index contributed by atoms with van der Waals surface area (Å²) in [5.74, 6) is -0.401. The summed E-state index contributed by atoms with van der Waals surface area (Å²) >= 11 is 0. The van der Waals surface area contributed by atoms with Crippen LogP contribution in [0.2, 0.25) is 0 Å². The molecule has 2 unspecified atom stereocenters. The van der Waals surface area contributed by atoms with E-state index < -0.39 is 34.0 Å². The minimum atomic E-state index is -1.22. The SMILES string of the molecule is CC.CCOP(OCC)C(CCCCOC(=O)c1cn(C2CC2)c2c(OC)c(N3CC4CCCN(C)C4C3)c(F)cc2c1=O)P(OCC)OCC. The zero-order valence-electron chi connectivity index (χ0n) is 32.0. The summed E-state index contributed by atoms with van der Waals surface area (Å²) in [6, 6.07) is 1.75. The van der Waals surface area contributed by atoms with Crippen molar-refractivity contribution in [3.63, 3.8) is 0 Å². The number of pyridine rings is 1. The van der Waals surface area contributed by atoms with Gasteiger partial charge in [0.1, 0.15) is 11.3 Å². The number of hydrogen-bond acceptors (Lipinski definition) is 10. The molecule has 0 radical (unpaired) electrons. The Balaban J connectivity index is 0.00000286. The molecule has 3 aliphatic rings. The van der Waals surface area contributed by atoms with E-state index in [0.29, 0.717) is 68.3 Å². The van der Waals surface area contributed by atoms with Crippen molar-refractivity contribution in [3.8, 4) is 5.75 Å². The van der Waals surface area contributed by atoms with E-state index in [9.17, 15) is 9.59 Å². The van der Waals surface area contributed by atoms with Crippen molar-refractivity contribution in [1.29, 1.82) is 0 Å². The zero-order chi connectivity index (χ0) is 37.1. The molecule has 1 aromatic carbocycles. The lowest BCUT2D eigenvalue weighted by Gasteiger charge is -2.33.